The van der Waals surface area contributed by atoms with Crippen molar-refractivity contribution in [3.63, 3.8) is 0 Å². The maximum absolute atomic E-state index is 11.9. The highest BCUT2D eigenvalue weighted by Gasteiger charge is 2.15. The molecule has 0 saturated heterocycles. The molecule has 4 aromatic rings. The van der Waals surface area contributed by atoms with Gasteiger partial charge in [-0.2, -0.15) is 0 Å². The third kappa shape index (κ3) is 5.80. The normalized spacial score (nSPS) is 10.7. The van der Waals surface area contributed by atoms with Crippen LogP contribution >= 0.6 is 11.3 Å². The van der Waals surface area contributed by atoms with Crippen molar-refractivity contribution in [2.24, 2.45) is 0 Å². The summed E-state index contributed by atoms with van der Waals surface area (Å²) in [4.78, 5) is 8.05. The summed E-state index contributed by atoms with van der Waals surface area (Å²) in [7, 11) is -3.61. The molecule has 29 heavy (non-hydrogen) atoms. The number of aryl methyl sites for hydroxylation is 1. The van der Waals surface area contributed by atoms with Gasteiger partial charge in [0.15, 0.2) is 0 Å². The molecule has 8 nitrogen and oxygen atoms in total. The number of benzene rings is 1. The van der Waals surface area contributed by atoms with Crippen molar-refractivity contribution >= 4 is 32.2 Å². The monoisotopic (exact) mass is 426 g/mol. The molecule has 0 aliphatic carbocycles. The largest absolute Gasteiger partial charge is 0.399 e. The summed E-state index contributed by atoms with van der Waals surface area (Å²) in [5.41, 5.74) is 8.35. The van der Waals surface area contributed by atoms with Gasteiger partial charge in [-0.05, 0) is 66.6 Å². The Balaban J connectivity index is 0.000000176. The van der Waals surface area contributed by atoms with Gasteiger partial charge in [0.1, 0.15) is 5.01 Å². The van der Waals surface area contributed by atoms with Gasteiger partial charge in [0.25, 0.3) is 10.0 Å². The lowest BCUT2D eigenvalue weighted by Crippen LogP contribution is -2.12. The summed E-state index contributed by atoms with van der Waals surface area (Å²) in [5, 5.41) is 8.37. The number of nitrogens with two attached hydrogens (primary N) is 1. The van der Waals surface area contributed by atoms with E-state index in [1.165, 1.54) is 46.7 Å². The molecule has 0 aliphatic rings. The molecule has 1 aromatic carbocycles. The number of pyridine rings is 2. The van der Waals surface area contributed by atoms with E-state index in [1.807, 2.05) is 24.3 Å². The molecule has 10 heteroatoms. The summed E-state index contributed by atoms with van der Waals surface area (Å²) in [6.07, 6.45) is 7.15. The van der Waals surface area contributed by atoms with Gasteiger partial charge >= 0.3 is 0 Å². The van der Waals surface area contributed by atoms with E-state index in [2.05, 4.69) is 24.9 Å². The van der Waals surface area contributed by atoms with Gasteiger partial charge in [0.2, 0.25) is 5.13 Å². The van der Waals surface area contributed by atoms with Crippen molar-refractivity contribution in [2.75, 3.05) is 10.5 Å². The van der Waals surface area contributed by atoms with Crippen LogP contribution in [0.2, 0.25) is 0 Å². The quantitative estimate of drug-likeness (QED) is 0.479. The number of aromatic nitrogens is 4. The van der Waals surface area contributed by atoms with E-state index in [4.69, 9.17) is 5.73 Å². The van der Waals surface area contributed by atoms with Crippen molar-refractivity contribution in [1.29, 1.82) is 0 Å². The molecule has 0 amide bonds. The van der Waals surface area contributed by atoms with Crippen molar-refractivity contribution in [2.45, 2.75) is 11.8 Å². The van der Waals surface area contributed by atoms with Crippen LogP contribution in [-0.4, -0.2) is 28.6 Å². The maximum atomic E-state index is 11.9. The SMILES string of the molecule is Cc1nnc(NS(=O)(=O)c2ccc(N)cc2)s1.c1cc(-c2ccncc2)ccn1. The van der Waals surface area contributed by atoms with Gasteiger partial charge in [-0.3, -0.25) is 14.7 Å². The first-order chi connectivity index (χ1) is 13.9. The Morgan fingerprint density at radius 2 is 1.34 bits per heavy atom. The number of nitrogen functional groups attached to an aromatic ring is 1. The van der Waals surface area contributed by atoms with Crippen molar-refractivity contribution < 1.29 is 8.42 Å². The molecule has 4 rings (SSSR count). The van der Waals surface area contributed by atoms with Crippen LogP contribution in [0.5, 0.6) is 0 Å². The van der Waals surface area contributed by atoms with Gasteiger partial charge in [0, 0.05) is 30.5 Å². The van der Waals surface area contributed by atoms with Gasteiger partial charge < -0.3 is 5.73 Å². The Morgan fingerprint density at radius 3 is 1.79 bits per heavy atom. The fraction of sp³-hybridized carbons (Fsp3) is 0.0526. The topological polar surface area (TPSA) is 124 Å². The lowest BCUT2D eigenvalue weighted by molar-refractivity contribution is 0.601. The van der Waals surface area contributed by atoms with Crippen LogP contribution in [-0.2, 0) is 10.0 Å². The average molecular weight is 427 g/mol. The molecule has 0 aliphatic heterocycles. The van der Waals surface area contributed by atoms with E-state index in [0.29, 0.717) is 10.7 Å². The molecule has 3 aromatic heterocycles. The van der Waals surface area contributed by atoms with Crippen molar-refractivity contribution in [1.82, 2.24) is 20.2 Å². The Kier molecular flexibility index (Phi) is 6.47. The first kappa shape index (κ1) is 20.4. The number of rotatable bonds is 4. The molecule has 3 N–H and O–H groups in total. The van der Waals surface area contributed by atoms with E-state index >= 15 is 0 Å². The Bertz CT molecular complexity index is 1110. The second-order valence-electron chi connectivity index (χ2n) is 5.77. The molecule has 148 valence electrons. The molecule has 0 saturated carbocycles. The number of nitrogens with zero attached hydrogens (tertiary/aromatic N) is 4. The Labute approximate surface area is 172 Å². The van der Waals surface area contributed by atoms with E-state index in [0.717, 1.165) is 0 Å². The van der Waals surface area contributed by atoms with Gasteiger partial charge in [-0.25, -0.2) is 8.42 Å². The minimum absolute atomic E-state index is 0.138. The van der Waals surface area contributed by atoms with Gasteiger partial charge in [-0.15, -0.1) is 10.2 Å². The third-order valence-corrected chi connectivity index (χ3v) is 5.87. The molecule has 0 fully saturated rings. The van der Waals surface area contributed by atoms with Crippen LogP contribution in [0.4, 0.5) is 10.8 Å². The van der Waals surface area contributed by atoms with E-state index < -0.39 is 10.0 Å². The zero-order chi connectivity index (χ0) is 20.7. The third-order valence-electron chi connectivity index (χ3n) is 3.63. The molecular weight excluding hydrogens is 408 g/mol. The highest BCUT2D eigenvalue weighted by Crippen LogP contribution is 2.20. The maximum Gasteiger partial charge on any atom is 0.263 e. The standard InChI is InChI=1S/C10H8N2.C9H10N4O2S2/c1-5-11-6-2-9(1)10-3-7-12-8-4-10;1-6-11-12-9(16-6)13-17(14,15)8-4-2-7(10)3-5-8/h1-8H;2-5H,10H2,1H3,(H,12,13). The zero-order valence-electron chi connectivity index (χ0n) is 15.4. The number of sulfonamides is 1. The minimum atomic E-state index is -3.61. The predicted octanol–water partition coefficient (Wildman–Crippen LogP) is 3.37. The van der Waals surface area contributed by atoms with Crippen LogP contribution in [0.15, 0.2) is 78.2 Å². The van der Waals surface area contributed by atoms with Gasteiger partial charge in [-0.1, -0.05) is 11.3 Å². The summed E-state index contributed by atoms with van der Waals surface area (Å²) < 4.78 is 26.2. The zero-order valence-corrected chi connectivity index (χ0v) is 17.1. The average Bonchev–Trinajstić information content (AvgIpc) is 3.14. The Morgan fingerprint density at radius 1 is 0.828 bits per heavy atom. The number of nitrogens with one attached hydrogen (secondary N) is 1. The second-order valence-corrected chi connectivity index (χ2v) is 8.64. The fourth-order valence-corrected chi connectivity index (χ4v) is 4.07. The lowest BCUT2D eigenvalue weighted by Gasteiger charge is -2.04. The second kappa shape index (κ2) is 9.22. The van der Waals surface area contributed by atoms with E-state index in [9.17, 15) is 8.42 Å². The Hall–Kier alpha value is -3.37. The van der Waals surface area contributed by atoms with Crippen molar-refractivity contribution in [3.8, 4) is 11.1 Å². The summed E-state index contributed by atoms with van der Waals surface area (Å²) in [6.45, 7) is 1.75. The number of anilines is 2. The molecular formula is C19H18N6O2S2. The first-order valence-corrected chi connectivity index (χ1v) is 10.7. The predicted molar refractivity (Wildman–Crippen MR) is 114 cm³/mol. The number of hydrogen-bond acceptors (Lipinski definition) is 8. The first-order valence-electron chi connectivity index (χ1n) is 8.43. The minimum Gasteiger partial charge on any atom is -0.399 e. The molecule has 0 bridgehead atoms. The smallest absolute Gasteiger partial charge is 0.263 e. The molecule has 3 heterocycles. The summed E-state index contributed by atoms with van der Waals surface area (Å²) >= 11 is 1.18. The van der Waals surface area contributed by atoms with Crippen LogP contribution in [0, 0.1) is 6.92 Å². The van der Waals surface area contributed by atoms with Crippen LogP contribution in [0.25, 0.3) is 11.1 Å². The summed E-state index contributed by atoms with van der Waals surface area (Å²) in [5.74, 6) is 0. The van der Waals surface area contributed by atoms with E-state index in [1.54, 1.807) is 31.7 Å². The summed E-state index contributed by atoms with van der Waals surface area (Å²) in [6, 6.07) is 13.9. The molecule has 0 radical (unpaired) electrons. The lowest BCUT2D eigenvalue weighted by atomic mass is 10.1. The van der Waals surface area contributed by atoms with E-state index in [-0.39, 0.29) is 10.0 Å². The molecule has 0 atom stereocenters. The van der Waals surface area contributed by atoms with Crippen LogP contribution in [0.3, 0.4) is 0 Å². The van der Waals surface area contributed by atoms with Crippen LogP contribution < -0.4 is 10.5 Å². The highest BCUT2D eigenvalue weighted by atomic mass is 32.2. The highest BCUT2D eigenvalue weighted by molar-refractivity contribution is 7.93. The molecule has 0 unspecified atom stereocenters. The number of hydrogen-bond donors (Lipinski definition) is 2. The van der Waals surface area contributed by atoms with Crippen molar-refractivity contribution in [3.05, 3.63) is 78.3 Å². The van der Waals surface area contributed by atoms with Gasteiger partial charge in [0.05, 0.1) is 4.90 Å². The molecule has 0 spiro atoms. The van der Waals surface area contributed by atoms with Crippen LogP contribution in [0.1, 0.15) is 5.01 Å². The fourth-order valence-electron chi connectivity index (χ4n) is 2.25.